The molecule has 0 aliphatic carbocycles. The first-order valence-corrected chi connectivity index (χ1v) is 4.17. The molecule has 0 saturated heterocycles. The Kier molecular flexibility index (Phi) is 2.13. The predicted molar refractivity (Wildman–Crippen MR) is 51.0 cm³/mol. The number of H-pyrrole nitrogens is 1. The van der Waals surface area contributed by atoms with Crippen molar-refractivity contribution in [3.8, 4) is 11.4 Å². The number of nitro groups is 1. The van der Waals surface area contributed by atoms with Crippen LogP contribution >= 0.6 is 0 Å². The number of nitro benzene ring substituents is 1. The fraction of sp³-hybridized carbons (Fsp3) is 0.125. The molecule has 1 N–H and O–H groups in total. The van der Waals surface area contributed by atoms with E-state index in [1.807, 2.05) is 0 Å². The van der Waals surface area contributed by atoms with E-state index in [4.69, 9.17) is 0 Å². The number of aromatic amines is 1. The Morgan fingerprint density at radius 3 is 2.87 bits per heavy atom. The van der Waals surface area contributed by atoms with Gasteiger partial charge in [-0.2, -0.15) is 5.21 Å². The van der Waals surface area contributed by atoms with Crippen LogP contribution in [0, 0.1) is 17.0 Å². The second-order valence-corrected chi connectivity index (χ2v) is 2.99. The summed E-state index contributed by atoms with van der Waals surface area (Å²) in [6, 6.07) is 4.80. The monoisotopic (exact) mass is 205 g/mol. The maximum absolute atomic E-state index is 10.7. The Morgan fingerprint density at radius 2 is 2.27 bits per heavy atom. The van der Waals surface area contributed by atoms with E-state index in [0.717, 1.165) is 0 Å². The maximum Gasteiger partial charge on any atom is 0.273 e. The molecule has 0 aliphatic rings. The van der Waals surface area contributed by atoms with E-state index >= 15 is 0 Å². The van der Waals surface area contributed by atoms with Crippen LogP contribution in [-0.2, 0) is 0 Å². The van der Waals surface area contributed by atoms with Gasteiger partial charge in [0.05, 0.1) is 4.92 Å². The SMILES string of the molecule is Cc1ccc(-c2nn[nH]n2)cc1[N+](=O)[O-]. The third-order valence-electron chi connectivity index (χ3n) is 2.01. The van der Waals surface area contributed by atoms with Crippen LogP contribution in [-0.4, -0.2) is 25.5 Å². The number of aromatic nitrogens is 4. The molecule has 2 rings (SSSR count). The second kappa shape index (κ2) is 3.45. The van der Waals surface area contributed by atoms with Gasteiger partial charge >= 0.3 is 0 Å². The summed E-state index contributed by atoms with van der Waals surface area (Å²) < 4.78 is 0. The lowest BCUT2D eigenvalue weighted by atomic mass is 10.1. The van der Waals surface area contributed by atoms with Crippen LogP contribution in [0.4, 0.5) is 5.69 Å². The fourth-order valence-corrected chi connectivity index (χ4v) is 1.23. The van der Waals surface area contributed by atoms with Crippen molar-refractivity contribution in [2.45, 2.75) is 6.92 Å². The highest BCUT2D eigenvalue weighted by Crippen LogP contribution is 2.23. The molecule has 0 bridgehead atoms. The smallest absolute Gasteiger partial charge is 0.258 e. The molecule has 15 heavy (non-hydrogen) atoms. The molecule has 2 aromatic rings. The number of benzene rings is 1. The summed E-state index contributed by atoms with van der Waals surface area (Å²) in [5, 5.41) is 23.9. The fourth-order valence-electron chi connectivity index (χ4n) is 1.23. The normalized spacial score (nSPS) is 10.2. The number of hydrogen-bond donors (Lipinski definition) is 1. The lowest BCUT2D eigenvalue weighted by Gasteiger charge is -1.98. The van der Waals surface area contributed by atoms with Crippen LogP contribution < -0.4 is 0 Å². The Bertz CT molecular complexity index is 494. The van der Waals surface area contributed by atoms with E-state index in [9.17, 15) is 10.1 Å². The van der Waals surface area contributed by atoms with Crippen LogP contribution in [0.15, 0.2) is 18.2 Å². The van der Waals surface area contributed by atoms with Gasteiger partial charge in [0.25, 0.3) is 5.69 Å². The molecule has 1 heterocycles. The van der Waals surface area contributed by atoms with Gasteiger partial charge in [-0.05, 0) is 12.1 Å². The third-order valence-corrected chi connectivity index (χ3v) is 2.01. The zero-order chi connectivity index (χ0) is 10.8. The molecule has 1 aromatic heterocycles. The lowest BCUT2D eigenvalue weighted by molar-refractivity contribution is -0.385. The molecular weight excluding hydrogens is 198 g/mol. The van der Waals surface area contributed by atoms with Crippen LogP contribution in [0.1, 0.15) is 5.56 Å². The van der Waals surface area contributed by atoms with E-state index in [0.29, 0.717) is 17.0 Å². The maximum atomic E-state index is 10.7. The average Bonchev–Trinajstić information content (AvgIpc) is 2.71. The quantitative estimate of drug-likeness (QED) is 0.584. The molecule has 0 aliphatic heterocycles. The summed E-state index contributed by atoms with van der Waals surface area (Å²) in [7, 11) is 0. The van der Waals surface area contributed by atoms with Gasteiger partial charge in [-0.1, -0.05) is 12.1 Å². The number of hydrogen-bond acceptors (Lipinski definition) is 5. The summed E-state index contributed by atoms with van der Waals surface area (Å²) in [6.45, 7) is 1.68. The topological polar surface area (TPSA) is 97.6 Å². The van der Waals surface area contributed by atoms with E-state index in [2.05, 4.69) is 20.6 Å². The average molecular weight is 205 g/mol. The summed E-state index contributed by atoms with van der Waals surface area (Å²) in [5.41, 5.74) is 1.23. The molecule has 76 valence electrons. The zero-order valence-corrected chi connectivity index (χ0v) is 7.84. The highest BCUT2D eigenvalue weighted by Gasteiger charge is 2.13. The number of rotatable bonds is 2. The largest absolute Gasteiger partial charge is 0.273 e. The van der Waals surface area contributed by atoms with Crippen LogP contribution in [0.25, 0.3) is 11.4 Å². The van der Waals surface area contributed by atoms with Crippen LogP contribution in [0.3, 0.4) is 0 Å². The molecule has 7 nitrogen and oxygen atoms in total. The van der Waals surface area contributed by atoms with Crippen LogP contribution in [0.5, 0.6) is 0 Å². The predicted octanol–water partition coefficient (Wildman–Crippen LogP) is 1.08. The summed E-state index contributed by atoms with van der Waals surface area (Å²) >= 11 is 0. The van der Waals surface area contributed by atoms with Crippen molar-refractivity contribution in [2.24, 2.45) is 0 Å². The minimum Gasteiger partial charge on any atom is -0.258 e. The molecule has 0 radical (unpaired) electrons. The van der Waals surface area contributed by atoms with E-state index in [1.54, 1.807) is 19.1 Å². The molecule has 0 spiro atoms. The van der Waals surface area contributed by atoms with Crippen molar-refractivity contribution < 1.29 is 4.92 Å². The van der Waals surface area contributed by atoms with Crippen molar-refractivity contribution in [3.05, 3.63) is 33.9 Å². The number of aryl methyl sites for hydroxylation is 1. The van der Waals surface area contributed by atoms with Gasteiger partial charge in [-0.15, -0.1) is 10.2 Å². The Morgan fingerprint density at radius 1 is 1.47 bits per heavy atom. The van der Waals surface area contributed by atoms with Gasteiger partial charge in [-0.25, -0.2) is 0 Å². The molecule has 0 saturated carbocycles. The molecular formula is C8H7N5O2. The second-order valence-electron chi connectivity index (χ2n) is 2.99. The first-order chi connectivity index (χ1) is 7.18. The molecule has 0 fully saturated rings. The minimum atomic E-state index is -0.432. The van der Waals surface area contributed by atoms with Crippen molar-refractivity contribution in [1.29, 1.82) is 0 Å². The first kappa shape index (κ1) is 9.25. The Labute approximate surface area is 84.3 Å². The van der Waals surface area contributed by atoms with E-state index in [1.165, 1.54) is 6.07 Å². The van der Waals surface area contributed by atoms with Gasteiger partial charge < -0.3 is 0 Å². The number of tetrazole rings is 1. The minimum absolute atomic E-state index is 0.0531. The van der Waals surface area contributed by atoms with Crippen molar-refractivity contribution in [1.82, 2.24) is 20.6 Å². The molecule has 0 atom stereocenters. The highest BCUT2D eigenvalue weighted by atomic mass is 16.6. The zero-order valence-electron chi connectivity index (χ0n) is 7.84. The molecule has 0 amide bonds. The summed E-state index contributed by atoms with van der Waals surface area (Å²) in [5.74, 6) is 0.345. The third kappa shape index (κ3) is 1.66. The van der Waals surface area contributed by atoms with Gasteiger partial charge in [0, 0.05) is 17.2 Å². The van der Waals surface area contributed by atoms with E-state index in [-0.39, 0.29) is 5.69 Å². The lowest BCUT2D eigenvalue weighted by Crippen LogP contribution is -1.92. The van der Waals surface area contributed by atoms with Gasteiger partial charge in [0.15, 0.2) is 0 Å². The van der Waals surface area contributed by atoms with Crippen molar-refractivity contribution >= 4 is 5.69 Å². The van der Waals surface area contributed by atoms with Gasteiger partial charge in [0.1, 0.15) is 0 Å². The van der Waals surface area contributed by atoms with Gasteiger partial charge in [-0.3, -0.25) is 10.1 Å². The van der Waals surface area contributed by atoms with Gasteiger partial charge in [0.2, 0.25) is 5.82 Å². The highest BCUT2D eigenvalue weighted by molar-refractivity contribution is 5.60. The van der Waals surface area contributed by atoms with E-state index < -0.39 is 4.92 Å². The Hall–Kier alpha value is -2.31. The van der Waals surface area contributed by atoms with Crippen LogP contribution in [0.2, 0.25) is 0 Å². The summed E-state index contributed by atoms with van der Waals surface area (Å²) in [4.78, 5) is 10.3. The molecule has 7 heteroatoms. The number of nitrogens with zero attached hydrogens (tertiary/aromatic N) is 4. The molecule has 0 unspecified atom stereocenters. The number of nitrogens with one attached hydrogen (secondary N) is 1. The summed E-state index contributed by atoms with van der Waals surface area (Å²) in [6.07, 6.45) is 0. The first-order valence-electron chi connectivity index (χ1n) is 4.17. The standard InChI is InChI=1S/C8H7N5O2/c1-5-2-3-6(4-7(5)13(14)15)8-9-11-12-10-8/h2-4H,1H3,(H,9,10,11,12). The Balaban J connectivity index is 2.52. The van der Waals surface area contributed by atoms with Crippen molar-refractivity contribution in [3.63, 3.8) is 0 Å². The van der Waals surface area contributed by atoms with Crippen molar-refractivity contribution in [2.75, 3.05) is 0 Å². The molecule has 1 aromatic carbocycles.